The van der Waals surface area contributed by atoms with Gasteiger partial charge in [-0.2, -0.15) is 0 Å². The number of hydrogen-bond acceptors (Lipinski definition) is 4. The average Bonchev–Trinajstić information content (AvgIpc) is 3.23. The Labute approximate surface area is 211 Å². The second-order valence-corrected chi connectivity index (χ2v) is 9.63. The number of H-pyrrole nitrogens is 1. The van der Waals surface area contributed by atoms with Crippen LogP contribution in [0.5, 0.6) is 11.5 Å². The fourth-order valence-corrected chi connectivity index (χ4v) is 5.07. The molecule has 5 rings (SSSR count). The lowest BCUT2D eigenvalue weighted by Gasteiger charge is -2.32. The molecule has 6 nitrogen and oxygen atoms in total. The molecule has 1 N–H and O–H groups in total. The number of unbranched alkanes of at least 4 members (excludes halogenated alkanes) is 1. The van der Waals surface area contributed by atoms with Crippen molar-refractivity contribution in [2.75, 3.05) is 13.1 Å². The van der Waals surface area contributed by atoms with Crippen LogP contribution in [0.25, 0.3) is 11.0 Å². The minimum Gasteiger partial charge on any atom is -0.457 e. The SMILES string of the molecule is CCCCC(=O)c1ccc2c(c1)[nH]c(=O)n2C1CCN(Cc2cccc(Oc3ccccc3)c2)CC1. The number of hydrogen-bond donors (Lipinski definition) is 1. The number of aromatic amines is 1. The Kier molecular flexibility index (Phi) is 7.33. The Hall–Kier alpha value is -3.64. The minimum atomic E-state index is -0.0904. The molecule has 3 aromatic carbocycles. The number of rotatable bonds is 9. The quantitative estimate of drug-likeness (QED) is 0.282. The van der Waals surface area contributed by atoms with Crippen molar-refractivity contribution in [3.8, 4) is 11.5 Å². The molecule has 0 aliphatic carbocycles. The van der Waals surface area contributed by atoms with E-state index < -0.39 is 0 Å². The van der Waals surface area contributed by atoms with E-state index in [0.717, 1.165) is 67.8 Å². The Morgan fingerprint density at radius 2 is 1.75 bits per heavy atom. The van der Waals surface area contributed by atoms with E-state index in [2.05, 4.69) is 28.9 Å². The van der Waals surface area contributed by atoms with Crippen LogP contribution >= 0.6 is 0 Å². The first-order chi connectivity index (χ1) is 17.6. The van der Waals surface area contributed by atoms with Gasteiger partial charge in [0, 0.05) is 37.7 Å². The van der Waals surface area contributed by atoms with Gasteiger partial charge in [0.05, 0.1) is 11.0 Å². The fraction of sp³-hybridized carbons (Fsp3) is 0.333. The Bertz CT molecular complexity index is 1380. The number of ketones is 1. The molecule has 1 fully saturated rings. The maximum absolute atomic E-state index is 12.8. The summed E-state index contributed by atoms with van der Waals surface area (Å²) in [5.74, 6) is 1.81. The number of nitrogens with one attached hydrogen (secondary N) is 1. The summed E-state index contributed by atoms with van der Waals surface area (Å²) >= 11 is 0. The second-order valence-electron chi connectivity index (χ2n) is 9.63. The number of nitrogens with zero attached hydrogens (tertiary/aromatic N) is 2. The molecule has 1 aliphatic heterocycles. The number of likely N-dealkylation sites (tertiary alicyclic amines) is 1. The van der Waals surface area contributed by atoms with Gasteiger partial charge in [0.2, 0.25) is 0 Å². The maximum Gasteiger partial charge on any atom is 0.326 e. The van der Waals surface area contributed by atoms with E-state index >= 15 is 0 Å². The van der Waals surface area contributed by atoms with Crippen molar-refractivity contribution in [3.63, 3.8) is 0 Å². The second kappa shape index (κ2) is 11.0. The van der Waals surface area contributed by atoms with Gasteiger partial charge < -0.3 is 9.72 Å². The van der Waals surface area contributed by atoms with E-state index in [9.17, 15) is 9.59 Å². The first kappa shape index (κ1) is 24.1. The lowest BCUT2D eigenvalue weighted by molar-refractivity contribution is 0.0980. The molecule has 0 saturated carbocycles. The molecule has 0 radical (unpaired) electrons. The topological polar surface area (TPSA) is 67.3 Å². The Morgan fingerprint density at radius 3 is 2.53 bits per heavy atom. The highest BCUT2D eigenvalue weighted by molar-refractivity contribution is 5.98. The van der Waals surface area contributed by atoms with Gasteiger partial charge in [0.25, 0.3) is 0 Å². The number of carbonyl (C=O) groups is 1. The van der Waals surface area contributed by atoms with Gasteiger partial charge in [-0.3, -0.25) is 14.3 Å². The third-order valence-corrected chi connectivity index (χ3v) is 7.00. The highest BCUT2D eigenvalue weighted by Gasteiger charge is 2.24. The van der Waals surface area contributed by atoms with Gasteiger partial charge in [-0.1, -0.05) is 43.7 Å². The zero-order chi connectivity index (χ0) is 24.9. The van der Waals surface area contributed by atoms with Crippen LogP contribution in [0.15, 0.2) is 77.6 Å². The number of carbonyl (C=O) groups excluding carboxylic acids is 1. The molecule has 1 aliphatic rings. The van der Waals surface area contributed by atoms with Crippen LogP contribution in [0.3, 0.4) is 0 Å². The highest BCUT2D eigenvalue weighted by atomic mass is 16.5. The van der Waals surface area contributed by atoms with Crippen molar-refractivity contribution in [2.45, 2.75) is 51.6 Å². The Balaban J connectivity index is 1.23. The molecule has 6 heteroatoms. The minimum absolute atomic E-state index is 0.0904. The van der Waals surface area contributed by atoms with Crippen LogP contribution in [0.4, 0.5) is 0 Å². The first-order valence-electron chi connectivity index (χ1n) is 12.9. The van der Waals surface area contributed by atoms with Crippen molar-refractivity contribution < 1.29 is 9.53 Å². The van der Waals surface area contributed by atoms with Crippen LogP contribution < -0.4 is 10.4 Å². The van der Waals surface area contributed by atoms with Crippen LogP contribution in [0.2, 0.25) is 0 Å². The van der Waals surface area contributed by atoms with Crippen molar-refractivity contribution >= 4 is 16.8 Å². The van der Waals surface area contributed by atoms with E-state index in [-0.39, 0.29) is 17.5 Å². The fourth-order valence-electron chi connectivity index (χ4n) is 5.07. The molecular weight excluding hydrogens is 450 g/mol. The molecule has 4 aromatic rings. The number of para-hydroxylation sites is 1. The zero-order valence-electron chi connectivity index (χ0n) is 20.8. The third kappa shape index (κ3) is 5.44. The predicted octanol–water partition coefficient (Wildman–Crippen LogP) is 6.33. The number of aromatic nitrogens is 2. The molecule has 0 atom stereocenters. The Morgan fingerprint density at radius 1 is 0.972 bits per heavy atom. The van der Waals surface area contributed by atoms with Crippen LogP contribution in [-0.2, 0) is 6.54 Å². The molecule has 0 amide bonds. The lowest BCUT2D eigenvalue weighted by Crippen LogP contribution is -2.36. The largest absolute Gasteiger partial charge is 0.457 e. The summed E-state index contributed by atoms with van der Waals surface area (Å²) in [6.45, 7) is 4.77. The van der Waals surface area contributed by atoms with Gasteiger partial charge in [-0.15, -0.1) is 0 Å². The molecule has 0 spiro atoms. The van der Waals surface area contributed by atoms with Crippen LogP contribution in [0.1, 0.15) is 61.0 Å². The van der Waals surface area contributed by atoms with Gasteiger partial charge in [-0.05, 0) is 67.3 Å². The molecule has 186 valence electrons. The van der Waals surface area contributed by atoms with Crippen molar-refractivity contribution in [3.05, 3.63) is 94.4 Å². The van der Waals surface area contributed by atoms with Gasteiger partial charge in [0.15, 0.2) is 5.78 Å². The molecule has 0 unspecified atom stereocenters. The summed E-state index contributed by atoms with van der Waals surface area (Å²) in [7, 11) is 0. The molecule has 1 aromatic heterocycles. The number of benzene rings is 3. The summed E-state index contributed by atoms with van der Waals surface area (Å²) < 4.78 is 7.88. The molecule has 0 bridgehead atoms. The third-order valence-electron chi connectivity index (χ3n) is 7.00. The summed E-state index contributed by atoms with van der Waals surface area (Å²) in [6.07, 6.45) is 4.24. The predicted molar refractivity (Wildman–Crippen MR) is 143 cm³/mol. The average molecular weight is 484 g/mol. The van der Waals surface area contributed by atoms with E-state index in [1.54, 1.807) is 0 Å². The number of fused-ring (bicyclic) bond motifs is 1. The van der Waals surface area contributed by atoms with E-state index in [0.29, 0.717) is 12.0 Å². The summed E-state index contributed by atoms with van der Waals surface area (Å²) in [5.41, 5.74) is 3.44. The smallest absolute Gasteiger partial charge is 0.326 e. The zero-order valence-corrected chi connectivity index (χ0v) is 20.8. The van der Waals surface area contributed by atoms with Crippen molar-refractivity contribution in [2.24, 2.45) is 0 Å². The lowest BCUT2D eigenvalue weighted by atomic mass is 10.0. The van der Waals surface area contributed by atoms with Gasteiger partial charge >= 0.3 is 5.69 Å². The normalized spacial score (nSPS) is 14.8. The standard InChI is InChI=1S/C30H33N3O3/c1-2-3-12-29(34)23-13-14-28-27(20-23)31-30(35)33(28)24-15-17-32(18-16-24)21-22-8-7-11-26(19-22)36-25-9-5-4-6-10-25/h4-11,13-14,19-20,24H,2-3,12,15-18,21H2,1H3,(H,31,35). The first-order valence-corrected chi connectivity index (χ1v) is 12.9. The van der Waals surface area contributed by atoms with E-state index in [1.807, 2.05) is 65.2 Å². The molecule has 36 heavy (non-hydrogen) atoms. The number of piperidine rings is 1. The van der Waals surface area contributed by atoms with Crippen molar-refractivity contribution in [1.29, 1.82) is 0 Å². The van der Waals surface area contributed by atoms with E-state index in [4.69, 9.17) is 4.74 Å². The summed E-state index contributed by atoms with van der Waals surface area (Å²) in [4.78, 5) is 30.7. The van der Waals surface area contributed by atoms with Crippen LogP contribution in [0, 0.1) is 0 Å². The number of imidazole rings is 1. The molecular formula is C30H33N3O3. The maximum atomic E-state index is 12.8. The van der Waals surface area contributed by atoms with Gasteiger partial charge in [-0.25, -0.2) is 4.79 Å². The van der Waals surface area contributed by atoms with Gasteiger partial charge in [0.1, 0.15) is 11.5 Å². The van der Waals surface area contributed by atoms with Crippen LogP contribution in [-0.4, -0.2) is 33.3 Å². The molecule has 2 heterocycles. The number of Topliss-reactive ketones (excluding diaryl/α,β-unsaturated/α-hetero) is 1. The number of ether oxygens (including phenoxy) is 1. The van der Waals surface area contributed by atoms with Crippen molar-refractivity contribution in [1.82, 2.24) is 14.5 Å². The monoisotopic (exact) mass is 483 g/mol. The molecule has 1 saturated heterocycles. The summed E-state index contributed by atoms with van der Waals surface area (Å²) in [5, 5.41) is 0. The van der Waals surface area contributed by atoms with E-state index in [1.165, 1.54) is 5.56 Å². The highest BCUT2D eigenvalue weighted by Crippen LogP contribution is 2.28. The summed E-state index contributed by atoms with van der Waals surface area (Å²) in [6, 6.07) is 23.8.